The van der Waals surface area contributed by atoms with E-state index in [0.717, 1.165) is 80.7 Å². The first-order valence-electron chi connectivity index (χ1n) is 12.4. The van der Waals surface area contributed by atoms with E-state index in [1.165, 1.54) is 16.8 Å². The first kappa shape index (κ1) is 23.1. The zero-order valence-electron chi connectivity index (χ0n) is 20.2. The van der Waals surface area contributed by atoms with E-state index in [1.54, 1.807) is 11.3 Å². The van der Waals surface area contributed by atoms with Gasteiger partial charge >= 0.3 is 0 Å². The fraction of sp³-hybridized carbons (Fsp3) is 0.500. The van der Waals surface area contributed by atoms with Crippen LogP contribution in [0, 0.1) is 19.8 Å². The summed E-state index contributed by atoms with van der Waals surface area (Å²) in [6.07, 6.45) is 3.57. The smallest absolute Gasteiger partial charge is 0.223 e. The topological polar surface area (TPSA) is 64.6 Å². The Morgan fingerprint density at radius 2 is 1.82 bits per heavy atom. The second kappa shape index (κ2) is 10.3. The molecule has 7 nitrogen and oxygen atoms in total. The second-order valence-electron chi connectivity index (χ2n) is 9.42. The highest BCUT2D eigenvalue weighted by Gasteiger charge is 2.27. The minimum atomic E-state index is 0.102. The minimum Gasteiger partial charge on any atom is -0.369 e. The van der Waals surface area contributed by atoms with Crippen LogP contribution in [0.2, 0.25) is 0 Å². The molecule has 0 atom stereocenters. The lowest BCUT2D eigenvalue weighted by Crippen LogP contribution is -2.49. The Hall–Kier alpha value is -2.71. The van der Waals surface area contributed by atoms with Crippen LogP contribution >= 0.6 is 11.3 Å². The van der Waals surface area contributed by atoms with Gasteiger partial charge in [0.25, 0.3) is 0 Å². The number of aryl methyl sites for hydroxylation is 1. The maximum Gasteiger partial charge on any atom is 0.223 e. The number of hydrogen-bond donors (Lipinski definition) is 1. The molecule has 2 fully saturated rings. The lowest BCUT2D eigenvalue weighted by Gasteiger charge is -2.37. The maximum absolute atomic E-state index is 12.8. The minimum absolute atomic E-state index is 0.102. The molecule has 3 aromatic rings. The van der Waals surface area contributed by atoms with Gasteiger partial charge in [-0.05, 0) is 56.0 Å². The normalized spacial score (nSPS) is 17.9. The summed E-state index contributed by atoms with van der Waals surface area (Å²) in [5.41, 5.74) is 5.05. The summed E-state index contributed by atoms with van der Waals surface area (Å²) < 4.78 is 0. The molecule has 0 saturated carbocycles. The van der Waals surface area contributed by atoms with Crippen LogP contribution in [0.4, 0.5) is 10.8 Å². The fourth-order valence-corrected chi connectivity index (χ4v) is 5.96. The number of piperidine rings is 1. The van der Waals surface area contributed by atoms with Crippen LogP contribution < -0.4 is 15.1 Å². The Bertz CT molecular complexity index is 1100. The molecule has 2 aromatic heterocycles. The second-order valence-corrected chi connectivity index (χ2v) is 10.4. The van der Waals surface area contributed by atoms with Gasteiger partial charge < -0.3 is 15.1 Å². The van der Waals surface area contributed by atoms with Crippen molar-refractivity contribution < 1.29 is 4.79 Å². The van der Waals surface area contributed by atoms with Crippen molar-refractivity contribution in [2.24, 2.45) is 5.92 Å². The molecule has 180 valence electrons. The van der Waals surface area contributed by atoms with Crippen molar-refractivity contribution in [1.82, 2.24) is 20.2 Å². The molecule has 34 heavy (non-hydrogen) atoms. The van der Waals surface area contributed by atoms with Crippen molar-refractivity contribution in [3.63, 3.8) is 0 Å². The van der Waals surface area contributed by atoms with Crippen LogP contribution in [-0.2, 0) is 4.79 Å². The van der Waals surface area contributed by atoms with Crippen LogP contribution in [0.3, 0.4) is 0 Å². The van der Waals surface area contributed by atoms with Crippen molar-refractivity contribution in [2.75, 3.05) is 62.2 Å². The Labute approximate surface area is 205 Å². The first-order valence-corrected chi connectivity index (χ1v) is 13.2. The number of carbonyl (C=O) groups is 1. The number of rotatable bonds is 6. The van der Waals surface area contributed by atoms with Crippen LogP contribution in [0.15, 0.2) is 36.5 Å². The number of hydrogen-bond acceptors (Lipinski definition) is 7. The molecule has 0 radical (unpaired) electrons. The highest BCUT2D eigenvalue weighted by Crippen LogP contribution is 2.30. The number of aromatic nitrogens is 2. The lowest BCUT2D eigenvalue weighted by molar-refractivity contribution is -0.125. The molecule has 2 saturated heterocycles. The molecular weight excluding hydrogens is 444 g/mol. The molecule has 0 bridgehead atoms. The average Bonchev–Trinajstić information content (AvgIpc) is 3.31. The number of pyridine rings is 1. The Morgan fingerprint density at radius 3 is 2.59 bits per heavy atom. The van der Waals surface area contributed by atoms with Crippen LogP contribution in [0.25, 0.3) is 10.3 Å². The van der Waals surface area contributed by atoms with Gasteiger partial charge in [0.15, 0.2) is 5.13 Å². The van der Waals surface area contributed by atoms with Crippen LogP contribution in [-0.4, -0.2) is 73.1 Å². The third-order valence-corrected chi connectivity index (χ3v) is 8.35. The van der Waals surface area contributed by atoms with E-state index in [0.29, 0.717) is 0 Å². The van der Waals surface area contributed by atoms with Gasteiger partial charge in [-0.15, -0.1) is 0 Å². The number of carbonyl (C=O) groups excluding carboxylic acids is 1. The van der Waals surface area contributed by atoms with E-state index in [-0.39, 0.29) is 11.8 Å². The van der Waals surface area contributed by atoms with Crippen molar-refractivity contribution in [3.05, 3.63) is 47.7 Å². The van der Waals surface area contributed by atoms with Gasteiger partial charge in [0.2, 0.25) is 5.91 Å². The van der Waals surface area contributed by atoms with Crippen LogP contribution in [0.1, 0.15) is 24.0 Å². The number of piperazine rings is 1. The molecule has 0 aliphatic carbocycles. The largest absolute Gasteiger partial charge is 0.369 e. The predicted octanol–water partition coefficient (Wildman–Crippen LogP) is 3.46. The summed E-state index contributed by atoms with van der Waals surface area (Å²) in [5, 5.41) is 4.22. The van der Waals surface area contributed by atoms with Gasteiger partial charge in [-0.3, -0.25) is 9.69 Å². The Balaban J connectivity index is 1.03. The number of benzene rings is 1. The van der Waals surface area contributed by atoms with Gasteiger partial charge in [0.1, 0.15) is 10.3 Å². The number of anilines is 2. The molecular formula is C26H34N6OS. The van der Waals surface area contributed by atoms with E-state index in [2.05, 4.69) is 57.0 Å². The van der Waals surface area contributed by atoms with Gasteiger partial charge in [0.05, 0.1) is 0 Å². The molecule has 8 heteroatoms. The summed E-state index contributed by atoms with van der Waals surface area (Å²) in [6.45, 7) is 12.0. The first-order chi connectivity index (χ1) is 16.6. The number of fused-ring (bicyclic) bond motifs is 1. The molecule has 2 aliphatic heterocycles. The zero-order chi connectivity index (χ0) is 23.5. The lowest BCUT2D eigenvalue weighted by atomic mass is 9.96. The van der Waals surface area contributed by atoms with E-state index in [4.69, 9.17) is 4.98 Å². The van der Waals surface area contributed by atoms with Crippen molar-refractivity contribution in [2.45, 2.75) is 26.7 Å². The van der Waals surface area contributed by atoms with Gasteiger partial charge in [0, 0.05) is 70.2 Å². The van der Waals surface area contributed by atoms with E-state index >= 15 is 0 Å². The molecule has 4 heterocycles. The van der Waals surface area contributed by atoms with E-state index < -0.39 is 0 Å². The summed E-state index contributed by atoms with van der Waals surface area (Å²) in [7, 11) is 0. The Morgan fingerprint density at radius 1 is 1.03 bits per heavy atom. The standard InChI is InChI=1S/C26H34N6OS/c1-19-5-3-7-23(20(19)2)31-17-15-30(16-18-31)14-11-27-24(33)21-8-12-32(13-9-21)26-29-22-6-4-10-28-25(22)34-26/h3-7,10,21H,8-9,11-18H2,1-2H3,(H,27,33). The third kappa shape index (κ3) is 5.03. The fourth-order valence-electron chi connectivity index (χ4n) is 5.00. The molecule has 2 aliphatic rings. The van der Waals surface area contributed by atoms with Crippen LogP contribution in [0.5, 0.6) is 0 Å². The zero-order valence-corrected chi connectivity index (χ0v) is 21.0. The Kier molecular flexibility index (Phi) is 6.97. The predicted molar refractivity (Wildman–Crippen MR) is 140 cm³/mol. The van der Waals surface area contributed by atoms with Crippen molar-refractivity contribution in [1.29, 1.82) is 0 Å². The van der Waals surface area contributed by atoms with Crippen molar-refractivity contribution in [3.8, 4) is 0 Å². The highest BCUT2D eigenvalue weighted by atomic mass is 32.1. The number of amides is 1. The van der Waals surface area contributed by atoms with Gasteiger partial charge in [-0.2, -0.15) is 0 Å². The molecule has 1 N–H and O–H groups in total. The summed E-state index contributed by atoms with van der Waals surface area (Å²) in [4.78, 5) is 30.1. The average molecular weight is 479 g/mol. The maximum atomic E-state index is 12.8. The SMILES string of the molecule is Cc1cccc(N2CCN(CCNC(=O)C3CCN(c4nc5cccnc5s4)CC3)CC2)c1C. The van der Waals surface area contributed by atoms with Gasteiger partial charge in [-0.25, -0.2) is 9.97 Å². The highest BCUT2D eigenvalue weighted by molar-refractivity contribution is 7.21. The molecule has 5 rings (SSSR count). The van der Waals surface area contributed by atoms with E-state index in [1.807, 2.05) is 18.3 Å². The summed E-state index contributed by atoms with van der Waals surface area (Å²) in [5.74, 6) is 0.310. The molecule has 0 spiro atoms. The molecule has 1 amide bonds. The summed E-state index contributed by atoms with van der Waals surface area (Å²) >= 11 is 1.64. The number of nitrogens with one attached hydrogen (secondary N) is 1. The third-order valence-electron chi connectivity index (χ3n) is 7.31. The van der Waals surface area contributed by atoms with Gasteiger partial charge in [-0.1, -0.05) is 23.5 Å². The number of thiazole rings is 1. The van der Waals surface area contributed by atoms with E-state index in [9.17, 15) is 4.79 Å². The molecule has 1 aromatic carbocycles. The quantitative estimate of drug-likeness (QED) is 0.585. The molecule has 0 unspecified atom stereocenters. The number of nitrogens with zero attached hydrogens (tertiary/aromatic N) is 5. The monoisotopic (exact) mass is 478 g/mol. The summed E-state index contributed by atoms with van der Waals surface area (Å²) in [6, 6.07) is 10.5. The van der Waals surface area contributed by atoms with Crippen molar-refractivity contribution >= 4 is 38.4 Å².